The number of nitrogens with one attached hydrogen (secondary N) is 1. The van der Waals surface area contributed by atoms with Gasteiger partial charge < -0.3 is 5.32 Å². The molecule has 1 aliphatic carbocycles. The average molecular weight is 254 g/mol. The van der Waals surface area contributed by atoms with Crippen molar-refractivity contribution in [3.8, 4) is 0 Å². The molecule has 1 aliphatic rings. The van der Waals surface area contributed by atoms with Gasteiger partial charge in [0.15, 0.2) is 0 Å². The van der Waals surface area contributed by atoms with Crippen LogP contribution < -0.4 is 5.32 Å². The van der Waals surface area contributed by atoms with Gasteiger partial charge in [0.05, 0.1) is 0 Å². The molecule has 1 fully saturated rings. The highest BCUT2D eigenvalue weighted by Gasteiger charge is 2.38. The summed E-state index contributed by atoms with van der Waals surface area (Å²) in [6.07, 6.45) is 6.12. The normalized spacial score (nSPS) is 16.0. The zero-order valence-electron chi connectivity index (χ0n) is 10.8. The molecule has 1 saturated carbocycles. The predicted molar refractivity (Wildman–Crippen MR) is 71.5 cm³/mol. The Morgan fingerprint density at radius 1 is 1.41 bits per heavy atom. The summed E-state index contributed by atoms with van der Waals surface area (Å²) in [4.78, 5) is 8.41. The number of rotatable bonds is 5. The van der Waals surface area contributed by atoms with Gasteiger partial charge in [-0.3, -0.25) is 0 Å². The lowest BCUT2D eigenvalue weighted by atomic mass is 9.98. The van der Waals surface area contributed by atoms with Gasteiger partial charge in [-0.25, -0.2) is 9.97 Å². The van der Waals surface area contributed by atoms with Gasteiger partial charge in [0.1, 0.15) is 17.3 Å². The van der Waals surface area contributed by atoms with Gasteiger partial charge in [-0.15, -0.1) is 0 Å². The van der Waals surface area contributed by atoms with E-state index in [9.17, 15) is 0 Å². The van der Waals surface area contributed by atoms with Gasteiger partial charge in [-0.2, -0.15) is 0 Å². The minimum atomic E-state index is 0.0974. The summed E-state index contributed by atoms with van der Waals surface area (Å²) < 4.78 is 0. The predicted octanol–water partition coefficient (Wildman–Crippen LogP) is 3.68. The molecule has 0 amide bonds. The van der Waals surface area contributed by atoms with Crippen LogP contribution in [-0.4, -0.2) is 15.5 Å². The van der Waals surface area contributed by atoms with Crippen LogP contribution in [0.15, 0.2) is 6.33 Å². The fourth-order valence-electron chi connectivity index (χ4n) is 2.18. The van der Waals surface area contributed by atoms with Crippen molar-refractivity contribution in [2.24, 2.45) is 5.92 Å². The van der Waals surface area contributed by atoms with E-state index in [1.807, 2.05) is 0 Å². The zero-order chi connectivity index (χ0) is 12.5. The summed E-state index contributed by atoms with van der Waals surface area (Å²) in [5, 5.41) is 4.12. The van der Waals surface area contributed by atoms with E-state index in [1.165, 1.54) is 19.2 Å². The van der Waals surface area contributed by atoms with Crippen molar-refractivity contribution in [1.29, 1.82) is 0 Å². The highest BCUT2D eigenvalue weighted by molar-refractivity contribution is 6.30. The molecule has 0 spiro atoms. The lowest BCUT2D eigenvalue weighted by Crippen LogP contribution is -2.34. The van der Waals surface area contributed by atoms with E-state index in [0.29, 0.717) is 5.15 Å². The number of aromatic nitrogens is 2. The van der Waals surface area contributed by atoms with Crippen molar-refractivity contribution in [2.45, 2.75) is 52.0 Å². The summed E-state index contributed by atoms with van der Waals surface area (Å²) in [7, 11) is 0. The summed E-state index contributed by atoms with van der Waals surface area (Å²) in [5.41, 5.74) is 1.14. The summed E-state index contributed by atoms with van der Waals surface area (Å²) >= 11 is 6.14. The molecule has 2 rings (SSSR count). The van der Waals surface area contributed by atoms with Gasteiger partial charge in [0.2, 0.25) is 0 Å². The summed E-state index contributed by atoms with van der Waals surface area (Å²) in [5.74, 6) is 1.66. The molecule has 0 atom stereocenters. The first-order valence-corrected chi connectivity index (χ1v) is 6.70. The lowest BCUT2D eigenvalue weighted by molar-refractivity contribution is 0.491. The van der Waals surface area contributed by atoms with Crippen LogP contribution in [0.5, 0.6) is 0 Å². The Morgan fingerprint density at radius 3 is 2.71 bits per heavy atom. The zero-order valence-corrected chi connectivity index (χ0v) is 11.5. The largest absolute Gasteiger partial charge is 0.365 e. The standard InChI is InChI=1S/C13H20ClN3/c1-4-5-10-11(14)15-8-16-12(10)17-13(2,3)9-6-7-9/h8-9H,4-7H2,1-3H3,(H,15,16,17). The Bertz CT molecular complexity index is 400. The van der Waals surface area contributed by atoms with Crippen LogP contribution in [0.1, 0.15) is 45.6 Å². The molecular weight excluding hydrogens is 234 g/mol. The van der Waals surface area contributed by atoms with Crippen molar-refractivity contribution in [3.05, 3.63) is 17.0 Å². The minimum absolute atomic E-state index is 0.0974. The van der Waals surface area contributed by atoms with Crippen LogP contribution in [0.25, 0.3) is 0 Å². The van der Waals surface area contributed by atoms with E-state index in [4.69, 9.17) is 11.6 Å². The molecule has 0 aliphatic heterocycles. The van der Waals surface area contributed by atoms with Crippen LogP contribution in [0.4, 0.5) is 5.82 Å². The van der Waals surface area contributed by atoms with Crippen LogP contribution in [0.2, 0.25) is 5.15 Å². The van der Waals surface area contributed by atoms with E-state index in [1.54, 1.807) is 0 Å². The highest BCUT2D eigenvalue weighted by atomic mass is 35.5. The first-order valence-electron chi connectivity index (χ1n) is 6.32. The molecule has 4 heteroatoms. The second kappa shape index (κ2) is 4.81. The number of hydrogen-bond acceptors (Lipinski definition) is 3. The summed E-state index contributed by atoms with van der Waals surface area (Å²) in [6, 6.07) is 0. The van der Waals surface area contributed by atoms with E-state index >= 15 is 0 Å². The van der Waals surface area contributed by atoms with E-state index in [0.717, 1.165) is 30.1 Å². The Hall–Kier alpha value is -0.830. The maximum Gasteiger partial charge on any atom is 0.137 e. The lowest BCUT2D eigenvalue weighted by Gasteiger charge is -2.28. The Kier molecular flexibility index (Phi) is 3.57. The second-order valence-electron chi connectivity index (χ2n) is 5.36. The quantitative estimate of drug-likeness (QED) is 0.814. The fraction of sp³-hybridized carbons (Fsp3) is 0.692. The van der Waals surface area contributed by atoms with Crippen molar-refractivity contribution in [1.82, 2.24) is 9.97 Å². The molecule has 94 valence electrons. The highest BCUT2D eigenvalue weighted by Crippen LogP contribution is 2.41. The van der Waals surface area contributed by atoms with Gasteiger partial charge in [0.25, 0.3) is 0 Å². The van der Waals surface area contributed by atoms with Gasteiger partial charge in [0, 0.05) is 11.1 Å². The average Bonchev–Trinajstić information content (AvgIpc) is 3.06. The third-order valence-electron chi connectivity index (χ3n) is 3.43. The van der Waals surface area contributed by atoms with Crippen LogP contribution in [0.3, 0.4) is 0 Å². The molecule has 0 radical (unpaired) electrons. The third-order valence-corrected chi connectivity index (χ3v) is 3.76. The van der Waals surface area contributed by atoms with Crippen molar-refractivity contribution in [3.63, 3.8) is 0 Å². The van der Waals surface area contributed by atoms with Crippen molar-refractivity contribution < 1.29 is 0 Å². The molecule has 0 saturated heterocycles. The summed E-state index contributed by atoms with van der Waals surface area (Å²) in [6.45, 7) is 6.60. The van der Waals surface area contributed by atoms with Gasteiger partial charge >= 0.3 is 0 Å². The van der Waals surface area contributed by atoms with E-state index in [-0.39, 0.29) is 5.54 Å². The number of halogens is 1. The molecule has 17 heavy (non-hydrogen) atoms. The molecular formula is C13H20ClN3. The van der Waals surface area contributed by atoms with Crippen LogP contribution in [-0.2, 0) is 6.42 Å². The van der Waals surface area contributed by atoms with E-state index in [2.05, 4.69) is 36.1 Å². The van der Waals surface area contributed by atoms with Crippen LogP contribution >= 0.6 is 11.6 Å². The monoisotopic (exact) mass is 253 g/mol. The van der Waals surface area contributed by atoms with E-state index < -0.39 is 0 Å². The molecule has 1 N–H and O–H groups in total. The SMILES string of the molecule is CCCc1c(Cl)ncnc1NC(C)(C)C1CC1. The van der Waals surface area contributed by atoms with Gasteiger partial charge in [-0.05, 0) is 39.0 Å². The number of hydrogen-bond donors (Lipinski definition) is 1. The number of nitrogens with zero attached hydrogens (tertiary/aromatic N) is 2. The van der Waals surface area contributed by atoms with Crippen molar-refractivity contribution >= 4 is 17.4 Å². The maximum atomic E-state index is 6.14. The topological polar surface area (TPSA) is 37.8 Å². The molecule has 0 unspecified atom stereocenters. The first kappa shape index (κ1) is 12.6. The molecule has 1 aromatic rings. The Morgan fingerprint density at radius 2 is 2.12 bits per heavy atom. The van der Waals surface area contributed by atoms with Crippen molar-refractivity contribution in [2.75, 3.05) is 5.32 Å². The van der Waals surface area contributed by atoms with Crippen LogP contribution in [0, 0.1) is 5.92 Å². The molecule has 3 nitrogen and oxygen atoms in total. The molecule has 1 heterocycles. The maximum absolute atomic E-state index is 6.14. The third kappa shape index (κ3) is 2.89. The second-order valence-corrected chi connectivity index (χ2v) is 5.72. The Labute approximate surface area is 108 Å². The fourth-order valence-corrected chi connectivity index (χ4v) is 2.41. The number of anilines is 1. The first-order chi connectivity index (χ1) is 8.04. The molecule has 1 aromatic heterocycles. The minimum Gasteiger partial charge on any atom is -0.365 e. The van der Waals surface area contributed by atoms with Gasteiger partial charge in [-0.1, -0.05) is 24.9 Å². The molecule has 0 bridgehead atoms. The Balaban J connectivity index is 2.22. The molecule has 0 aromatic carbocycles. The smallest absolute Gasteiger partial charge is 0.137 e.